The van der Waals surface area contributed by atoms with Gasteiger partial charge < -0.3 is 15.0 Å². The first kappa shape index (κ1) is 19.7. The number of aromatic amines is 1. The lowest BCUT2D eigenvalue weighted by molar-refractivity contribution is 0.0940. The fraction of sp³-hybridized carbons (Fsp3) is 0.360. The van der Waals surface area contributed by atoms with Gasteiger partial charge in [-0.25, -0.2) is 0 Å². The third kappa shape index (κ3) is 4.58. The van der Waals surface area contributed by atoms with Gasteiger partial charge >= 0.3 is 0 Å². The van der Waals surface area contributed by atoms with Crippen LogP contribution in [0.3, 0.4) is 0 Å². The minimum Gasteiger partial charge on any atom is -0.493 e. The standard InChI is InChI=1S/C25H28N4O2/c1-17(28-25(30)21-12-26-27-13-21)19-4-6-20(7-5-19)22-14-29(15-22)23-8-10-24(11-9-23)31-16-18-2-3-18/h4-13,17-18,22H,2-3,14-16H2,1H3,(H,26,27)(H,28,30)/t17-/m0/s1. The number of hydrogen-bond donors (Lipinski definition) is 2. The van der Waals surface area contributed by atoms with Crippen LogP contribution in [0.4, 0.5) is 5.69 Å². The highest BCUT2D eigenvalue weighted by atomic mass is 16.5. The number of nitrogens with one attached hydrogen (secondary N) is 2. The molecule has 2 heterocycles. The van der Waals surface area contributed by atoms with E-state index in [4.69, 9.17) is 4.74 Å². The fourth-order valence-corrected chi connectivity index (χ4v) is 3.95. The van der Waals surface area contributed by atoms with Crippen molar-refractivity contribution in [1.82, 2.24) is 15.5 Å². The summed E-state index contributed by atoms with van der Waals surface area (Å²) in [4.78, 5) is 14.6. The van der Waals surface area contributed by atoms with Crippen molar-refractivity contribution >= 4 is 11.6 Å². The minimum absolute atomic E-state index is 0.0602. The Kier molecular flexibility index (Phi) is 5.37. The van der Waals surface area contributed by atoms with Crippen LogP contribution in [-0.2, 0) is 0 Å². The predicted molar refractivity (Wildman–Crippen MR) is 121 cm³/mol. The van der Waals surface area contributed by atoms with Gasteiger partial charge in [-0.1, -0.05) is 24.3 Å². The Morgan fingerprint density at radius 3 is 2.55 bits per heavy atom. The number of carbonyl (C=O) groups excluding carboxylic acids is 1. The molecule has 0 bridgehead atoms. The van der Waals surface area contributed by atoms with Gasteiger partial charge in [-0.2, -0.15) is 5.10 Å². The SMILES string of the molecule is C[C@H](NC(=O)c1cn[nH]c1)c1ccc(C2CN(c3ccc(OCC4CC4)cc3)C2)cc1. The van der Waals surface area contributed by atoms with Crippen LogP contribution in [0.5, 0.6) is 5.75 Å². The molecule has 1 amide bonds. The van der Waals surface area contributed by atoms with Crippen molar-refractivity contribution in [3.8, 4) is 5.75 Å². The minimum atomic E-state index is -0.121. The molecule has 31 heavy (non-hydrogen) atoms. The highest BCUT2D eigenvalue weighted by Crippen LogP contribution is 2.34. The Bertz CT molecular complexity index is 1000. The summed E-state index contributed by atoms with van der Waals surface area (Å²) in [7, 11) is 0. The third-order valence-corrected chi connectivity index (χ3v) is 6.28. The number of nitrogens with zero attached hydrogens (tertiary/aromatic N) is 2. The van der Waals surface area contributed by atoms with Crippen molar-refractivity contribution in [2.75, 3.05) is 24.6 Å². The van der Waals surface area contributed by atoms with Gasteiger partial charge in [0.1, 0.15) is 5.75 Å². The number of rotatable bonds is 8. The summed E-state index contributed by atoms with van der Waals surface area (Å²) in [6.07, 6.45) is 5.75. The van der Waals surface area contributed by atoms with Crippen LogP contribution in [0.1, 0.15) is 53.2 Å². The van der Waals surface area contributed by atoms with Gasteiger partial charge in [-0.15, -0.1) is 0 Å². The molecule has 1 aliphatic heterocycles. The Morgan fingerprint density at radius 1 is 1.16 bits per heavy atom. The smallest absolute Gasteiger partial charge is 0.254 e. The van der Waals surface area contributed by atoms with E-state index in [1.54, 1.807) is 6.20 Å². The summed E-state index contributed by atoms with van der Waals surface area (Å²) < 4.78 is 5.83. The first-order valence-electron chi connectivity index (χ1n) is 11.0. The number of hydrogen-bond acceptors (Lipinski definition) is 4. The van der Waals surface area contributed by atoms with Crippen molar-refractivity contribution in [1.29, 1.82) is 0 Å². The van der Waals surface area contributed by atoms with Crippen molar-refractivity contribution in [3.05, 3.63) is 77.6 Å². The average molecular weight is 417 g/mol. The maximum atomic E-state index is 12.2. The zero-order valence-electron chi connectivity index (χ0n) is 17.8. The molecule has 3 aromatic rings. The maximum Gasteiger partial charge on any atom is 0.254 e. The number of H-pyrrole nitrogens is 1. The number of ether oxygens (including phenoxy) is 1. The summed E-state index contributed by atoms with van der Waals surface area (Å²) in [6.45, 7) is 4.89. The second-order valence-corrected chi connectivity index (χ2v) is 8.70. The van der Waals surface area contributed by atoms with Crippen LogP contribution in [0.15, 0.2) is 60.9 Å². The number of anilines is 1. The molecule has 0 unspecified atom stereocenters. The van der Waals surface area contributed by atoms with Gasteiger partial charge in [0.05, 0.1) is 24.4 Å². The summed E-state index contributed by atoms with van der Waals surface area (Å²) in [6, 6.07) is 17.0. The molecule has 1 saturated carbocycles. The van der Waals surface area contributed by atoms with Gasteiger partial charge in [0.15, 0.2) is 0 Å². The van der Waals surface area contributed by atoms with E-state index in [2.05, 4.69) is 68.9 Å². The third-order valence-electron chi connectivity index (χ3n) is 6.28. The van der Waals surface area contributed by atoms with Crippen molar-refractivity contribution in [2.24, 2.45) is 5.92 Å². The molecular formula is C25H28N4O2. The second kappa shape index (κ2) is 8.46. The molecule has 0 spiro atoms. The maximum absolute atomic E-state index is 12.2. The largest absolute Gasteiger partial charge is 0.493 e. The number of carbonyl (C=O) groups is 1. The van der Waals surface area contributed by atoms with E-state index >= 15 is 0 Å². The number of aromatic nitrogens is 2. The monoisotopic (exact) mass is 416 g/mol. The molecule has 1 atom stereocenters. The summed E-state index contributed by atoms with van der Waals surface area (Å²) >= 11 is 0. The van der Waals surface area contributed by atoms with E-state index < -0.39 is 0 Å². The predicted octanol–water partition coefficient (Wildman–Crippen LogP) is 4.29. The number of amides is 1. The Hall–Kier alpha value is -3.28. The molecule has 1 aromatic heterocycles. The Morgan fingerprint density at radius 2 is 1.90 bits per heavy atom. The van der Waals surface area contributed by atoms with Crippen LogP contribution in [0.25, 0.3) is 0 Å². The van der Waals surface area contributed by atoms with Gasteiger partial charge in [-0.3, -0.25) is 9.89 Å². The van der Waals surface area contributed by atoms with E-state index in [1.807, 2.05) is 6.92 Å². The fourth-order valence-electron chi connectivity index (χ4n) is 3.95. The highest BCUT2D eigenvalue weighted by molar-refractivity contribution is 5.93. The molecule has 6 nitrogen and oxygen atoms in total. The normalized spacial score (nSPS) is 17.1. The first-order valence-corrected chi connectivity index (χ1v) is 11.0. The zero-order valence-corrected chi connectivity index (χ0v) is 17.8. The lowest BCUT2D eigenvalue weighted by Gasteiger charge is -2.41. The zero-order chi connectivity index (χ0) is 21.2. The van der Waals surface area contributed by atoms with E-state index in [9.17, 15) is 4.79 Å². The molecule has 6 heteroatoms. The summed E-state index contributed by atoms with van der Waals surface area (Å²) in [5, 5.41) is 9.50. The van der Waals surface area contributed by atoms with Gasteiger partial charge in [0, 0.05) is 30.9 Å². The summed E-state index contributed by atoms with van der Waals surface area (Å²) in [5.41, 5.74) is 4.24. The van der Waals surface area contributed by atoms with E-state index in [1.165, 1.54) is 30.3 Å². The van der Waals surface area contributed by atoms with Crippen LogP contribution in [0.2, 0.25) is 0 Å². The molecule has 2 fully saturated rings. The molecule has 2 aliphatic rings. The quantitative estimate of drug-likeness (QED) is 0.575. The highest BCUT2D eigenvalue weighted by Gasteiger charge is 2.28. The van der Waals surface area contributed by atoms with Crippen molar-refractivity contribution in [2.45, 2.75) is 31.7 Å². The van der Waals surface area contributed by atoms with Crippen LogP contribution in [-0.4, -0.2) is 35.8 Å². The van der Waals surface area contributed by atoms with Gasteiger partial charge in [-0.05, 0) is 61.1 Å². The summed E-state index contributed by atoms with van der Waals surface area (Å²) in [5.74, 6) is 2.16. The van der Waals surface area contributed by atoms with Crippen LogP contribution in [0, 0.1) is 5.92 Å². The molecule has 160 valence electrons. The Labute approximate surface area is 182 Å². The molecule has 5 rings (SSSR count). The van der Waals surface area contributed by atoms with Crippen molar-refractivity contribution in [3.63, 3.8) is 0 Å². The number of benzene rings is 2. The van der Waals surface area contributed by atoms with Crippen LogP contribution < -0.4 is 15.0 Å². The lowest BCUT2D eigenvalue weighted by atomic mass is 9.90. The molecular weight excluding hydrogens is 388 g/mol. The van der Waals surface area contributed by atoms with E-state index in [0.29, 0.717) is 11.5 Å². The Balaban J connectivity index is 1.12. The molecule has 1 aliphatic carbocycles. The van der Waals surface area contributed by atoms with E-state index in [0.717, 1.165) is 36.9 Å². The van der Waals surface area contributed by atoms with E-state index in [-0.39, 0.29) is 11.9 Å². The van der Waals surface area contributed by atoms with Gasteiger partial charge in [0.2, 0.25) is 0 Å². The lowest BCUT2D eigenvalue weighted by Crippen LogP contribution is -2.45. The van der Waals surface area contributed by atoms with Gasteiger partial charge in [0.25, 0.3) is 5.91 Å². The molecule has 1 saturated heterocycles. The second-order valence-electron chi connectivity index (χ2n) is 8.70. The average Bonchev–Trinajstić information content (AvgIpc) is 3.42. The molecule has 2 aromatic carbocycles. The molecule has 0 radical (unpaired) electrons. The first-order chi connectivity index (χ1) is 15.2. The van der Waals surface area contributed by atoms with Crippen LogP contribution >= 0.6 is 0 Å². The topological polar surface area (TPSA) is 70.2 Å². The van der Waals surface area contributed by atoms with Crippen molar-refractivity contribution < 1.29 is 9.53 Å². The molecule has 2 N–H and O–H groups in total.